The predicted molar refractivity (Wildman–Crippen MR) is 65.4 cm³/mol. The number of fused-ring (bicyclic) bond motifs is 1. The van der Waals surface area contributed by atoms with Crippen LogP contribution in [0.2, 0.25) is 0 Å². The van der Waals surface area contributed by atoms with E-state index in [9.17, 15) is 13.6 Å². The molecule has 1 saturated heterocycles. The van der Waals surface area contributed by atoms with E-state index < -0.39 is 6.43 Å². The van der Waals surface area contributed by atoms with Gasteiger partial charge < -0.3 is 4.90 Å². The summed E-state index contributed by atoms with van der Waals surface area (Å²) < 4.78 is 27.3. The number of alkyl halides is 2. The fraction of sp³-hybridized carbons (Fsp3) is 0.500. The number of carbonyl (C=O) groups excluding carboxylic acids is 1. The van der Waals surface area contributed by atoms with Crippen LogP contribution in [0.15, 0.2) is 12.4 Å². The first-order valence-electron chi connectivity index (χ1n) is 6.37. The van der Waals surface area contributed by atoms with Gasteiger partial charge in [0.1, 0.15) is 12.0 Å². The number of hydrogen-bond donors (Lipinski definition) is 0. The highest BCUT2D eigenvalue weighted by molar-refractivity contribution is 5.47. The van der Waals surface area contributed by atoms with Crippen molar-refractivity contribution in [3.05, 3.63) is 23.8 Å². The van der Waals surface area contributed by atoms with Crippen LogP contribution < -0.4 is 0 Å². The second kappa shape index (κ2) is 5.10. The normalized spacial score (nSPS) is 19.8. The molecule has 1 aliphatic rings. The molecule has 106 valence electrons. The molecule has 6 nitrogen and oxygen atoms in total. The highest BCUT2D eigenvalue weighted by Crippen LogP contribution is 2.28. The van der Waals surface area contributed by atoms with Gasteiger partial charge >= 0.3 is 0 Å². The number of amides is 1. The average molecular weight is 281 g/mol. The Balaban J connectivity index is 2.04. The van der Waals surface area contributed by atoms with E-state index in [-0.39, 0.29) is 17.4 Å². The zero-order chi connectivity index (χ0) is 14.1. The topological polar surface area (TPSA) is 63.4 Å². The smallest absolute Gasteiger partial charge is 0.280 e. The minimum absolute atomic E-state index is 0.0290. The third-order valence-electron chi connectivity index (χ3n) is 3.54. The zero-order valence-corrected chi connectivity index (χ0v) is 10.6. The fourth-order valence-corrected chi connectivity index (χ4v) is 2.60. The quantitative estimate of drug-likeness (QED) is 0.798. The molecule has 1 atom stereocenters. The summed E-state index contributed by atoms with van der Waals surface area (Å²) in [6, 6.07) is 1.37. The number of aromatic nitrogens is 4. The molecule has 3 heterocycles. The van der Waals surface area contributed by atoms with Gasteiger partial charge in [-0.1, -0.05) is 0 Å². The summed E-state index contributed by atoms with van der Waals surface area (Å²) in [5.41, 5.74) is 0.332. The van der Waals surface area contributed by atoms with E-state index in [0.29, 0.717) is 18.8 Å². The Labute approximate surface area is 113 Å². The lowest BCUT2D eigenvalue weighted by Crippen LogP contribution is -2.34. The minimum atomic E-state index is -2.65. The van der Waals surface area contributed by atoms with Gasteiger partial charge in [-0.25, -0.2) is 18.3 Å². The van der Waals surface area contributed by atoms with E-state index >= 15 is 0 Å². The molecule has 0 N–H and O–H groups in total. The van der Waals surface area contributed by atoms with Crippen LogP contribution in [-0.2, 0) is 4.79 Å². The summed E-state index contributed by atoms with van der Waals surface area (Å²) in [7, 11) is 0. The number of hydrogen-bond acceptors (Lipinski definition) is 4. The zero-order valence-electron chi connectivity index (χ0n) is 10.6. The molecule has 20 heavy (non-hydrogen) atoms. The van der Waals surface area contributed by atoms with Crippen molar-refractivity contribution in [3.63, 3.8) is 0 Å². The number of likely N-dealkylation sites (tertiary alicyclic amines) is 1. The highest BCUT2D eigenvalue weighted by atomic mass is 19.3. The van der Waals surface area contributed by atoms with Crippen LogP contribution in [0.1, 0.15) is 36.6 Å². The monoisotopic (exact) mass is 281 g/mol. The number of piperidine rings is 1. The van der Waals surface area contributed by atoms with Crippen molar-refractivity contribution >= 4 is 12.2 Å². The summed E-state index contributed by atoms with van der Waals surface area (Å²) >= 11 is 0. The van der Waals surface area contributed by atoms with Crippen molar-refractivity contribution in [2.75, 3.05) is 13.1 Å². The summed E-state index contributed by atoms with van der Waals surface area (Å²) in [6.07, 6.45) is 1.10. The maximum absolute atomic E-state index is 12.9. The van der Waals surface area contributed by atoms with Crippen LogP contribution in [-0.4, -0.2) is 44.0 Å². The van der Waals surface area contributed by atoms with Gasteiger partial charge in [0.2, 0.25) is 6.41 Å². The molecule has 2 aromatic rings. The first-order chi connectivity index (χ1) is 9.69. The van der Waals surface area contributed by atoms with Crippen molar-refractivity contribution in [3.8, 4) is 0 Å². The Hall–Kier alpha value is -2.12. The molecule has 1 aliphatic heterocycles. The van der Waals surface area contributed by atoms with Gasteiger partial charge in [0.15, 0.2) is 0 Å². The Kier molecular flexibility index (Phi) is 3.29. The minimum Gasteiger partial charge on any atom is -0.345 e. The molecule has 8 heteroatoms. The van der Waals surface area contributed by atoms with Crippen LogP contribution in [0.5, 0.6) is 0 Å². The fourth-order valence-electron chi connectivity index (χ4n) is 2.60. The van der Waals surface area contributed by atoms with Crippen molar-refractivity contribution in [2.24, 2.45) is 0 Å². The summed E-state index contributed by atoms with van der Waals surface area (Å²) in [5.74, 6) is 0.139. The first-order valence-corrected chi connectivity index (χ1v) is 6.37. The Bertz CT molecular complexity index is 629. The maximum atomic E-state index is 12.9. The van der Waals surface area contributed by atoms with E-state index in [1.165, 1.54) is 16.9 Å². The van der Waals surface area contributed by atoms with Crippen LogP contribution in [0, 0.1) is 0 Å². The summed E-state index contributed by atoms with van der Waals surface area (Å²) in [5, 5.41) is 4.04. The molecule has 0 aliphatic carbocycles. The molecule has 0 aromatic carbocycles. The Morgan fingerprint density at radius 2 is 2.30 bits per heavy atom. The van der Waals surface area contributed by atoms with E-state index in [0.717, 1.165) is 19.3 Å². The van der Waals surface area contributed by atoms with Gasteiger partial charge in [0, 0.05) is 19.0 Å². The van der Waals surface area contributed by atoms with Crippen molar-refractivity contribution < 1.29 is 13.6 Å². The number of carbonyl (C=O) groups is 1. The second-order valence-electron chi connectivity index (χ2n) is 4.82. The van der Waals surface area contributed by atoms with Crippen LogP contribution in [0.4, 0.5) is 8.78 Å². The average Bonchev–Trinajstić information content (AvgIpc) is 2.94. The van der Waals surface area contributed by atoms with Gasteiger partial charge in [-0.05, 0) is 18.9 Å². The van der Waals surface area contributed by atoms with Gasteiger partial charge in [-0.15, -0.1) is 0 Å². The Morgan fingerprint density at radius 1 is 1.45 bits per heavy atom. The van der Waals surface area contributed by atoms with Crippen LogP contribution in [0.25, 0.3) is 5.78 Å². The van der Waals surface area contributed by atoms with E-state index in [1.54, 1.807) is 4.90 Å². The molecular formula is C12H13F2N5O. The molecule has 1 amide bonds. The van der Waals surface area contributed by atoms with Crippen LogP contribution in [0.3, 0.4) is 0 Å². The SMILES string of the molecule is O=CN1CCCC(c2cc(C(F)F)nc3ncnn23)C1. The molecule has 0 saturated carbocycles. The molecule has 2 aromatic heterocycles. The molecule has 0 bridgehead atoms. The molecule has 1 unspecified atom stereocenters. The lowest BCUT2D eigenvalue weighted by Gasteiger charge is -2.30. The van der Waals surface area contributed by atoms with Gasteiger partial charge in [0.25, 0.3) is 12.2 Å². The largest absolute Gasteiger partial charge is 0.345 e. The van der Waals surface area contributed by atoms with Gasteiger partial charge in [-0.3, -0.25) is 4.79 Å². The maximum Gasteiger partial charge on any atom is 0.280 e. The molecular weight excluding hydrogens is 268 g/mol. The van der Waals surface area contributed by atoms with E-state index in [4.69, 9.17) is 0 Å². The number of rotatable bonds is 3. The summed E-state index contributed by atoms with van der Waals surface area (Å²) in [6.45, 7) is 1.21. The molecule has 0 radical (unpaired) electrons. The third kappa shape index (κ3) is 2.21. The number of nitrogens with zero attached hydrogens (tertiary/aromatic N) is 5. The lowest BCUT2D eigenvalue weighted by atomic mass is 9.94. The first kappa shape index (κ1) is 12.9. The van der Waals surface area contributed by atoms with Crippen molar-refractivity contribution in [1.29, 1.82) is 0 Å². The van der Waals surface area contributed by atoms with E-state index in [2.05, 4.69) is 15.1 Å². The summed E-state index contributed by atoms with van der Waals surface area (Å²) in [4.78, 5) is 20.2. The molecule has 1 fully saturated rings. The third-order valence-corrected chi connectivity index (χ3v) is 3.54. The number of halogens is 2. The molecule has 0 spiro atoms. The van der Waals surface area contributed by atoms with Crippen LogP contribution >= 0.6 is 0 Å². The van der Waals surface area contributed by atoms with E-state index in [1.807, 2.05) is 0 Å². The van der Waals surface area contributed by atoms with Crippen molar-refractivity contribution in [2.45, 2.75) is 25.2 Å². The van der Waals surface area contributed by atoms with Gasteiger partial charge in [0.05, 0.1) is 5.69 Å². The lowest BCUT2D eigenvalue weighted by molar-refractivity contribution is -0.119. The predicted octanol–water partition coefficient (Wildman–Crippen LogP) is 1.40. The van der Waals surface area contributed by atoms with Gasteiger partial charge in [-0.2, -0.15) is 10.1 Å². The Morgan fingerprint density at radius 3 is 3.05 bits per heavy atom. The second-order valence-corrected chi connectivity index (χ2v) is 4.82. The van der Waals surface area contributed by atoms with Crippen molar-refractivity contribution in [1.82, 2.24) is 24.5 Å². The standard InChI is InChI=1S/C12H13F2N5O/c13-11(14)9-4-10(19-12(17-9)15-6-16-19)8-2-1-3-18(5-8)7-20/h4,6-8,11H,1-3,5H2. The highest BCUT2D eigenvalue weighted by Gasteiger charge is 2.25. The molecule has 3 rings (SSSR count).